The molecule has 2 heteroatoms. The van der Waals surface area contributed by atoms with Gasteiger partial charge >= 0.3 is 5.97 Å². The second kappa shape index (κ2) is 11.3. The Balaban J connectivity index is 2.17. The Hall–Kier alpha value is -0.790. The van der Waals surface area contributed by atoms with Crippen LogP contribution in [-0.2, 0) is 9.53 Å². The van der Waals surface area contributed by atoms with Crippen molar-refractivity contribution in [2.24, 2.45) is 0 Å². The van der Waals surface area contributed by atoms with Gasteiger partial charge in [0.05, 0.1) is 6.61 Å². The van der Waals surface area contributed by atoms with E-state index in [4.69, 9.17) is 4.74 Å². The fraction of sp³-hybridized carbons (Fsp3) is 0.812. The van der Waals surface area contributed by atoms with E-state index in [0.29, 0.717) is 13.0 Å². The molecule has 18 heavy (non-hydrogen) atoms. The minimum atomic E-state index is -0.00476. The normalized spacial score (nSPS) is 22.1. The number of allylic oxidation sites excluding steroid dienone is 2. The summed E-state index contributed by atoms with van der Waals surface area (Å²) < 4.78 is 5.21. The van der Waals surface area contributed by atoms with Crippen LogP contribution in [0, 0.1) is 0 Å². The lowest BCUT2D eigenvalue weighted by Gasteiger charge is -2.04. The predicted molar refractivity (Wildman–Crippen MR) is 75.5 cm³/mol. The van der Waals surface area contributed by atoms with Crippen LogP contribution < -0.4 is 0 Å². The van der Waals surface area contributed by atoms with Gasteiger partial charge in [0.25, 0.3) is 0 Å². The summed E-state index contributed by atoms with van der Waals surface area (Å²) in [7, 11) is 0. The topological polar surface area (TPSA) is 26.3 Å². The first-order valence-corrected chi connectivity index (χ1v) is 7.70. The standard InChI is InChI=1S/C16H28O2/c17-16-14-12-10-8-6-4-2-1-3-5-7-9-11-13-15-18-16/h2,4H,1,3,5-15H2. The van der Waals surface area contributed by atoms with Crippen LogP contribution in [0.3, 0.4) is 0 Å². The molecule has 1 heterocycles. The highest BCUT2D eigenvalue weighted by Gasteiger charge is 2.02. The zero-order chi connectivity index (χ0) is 12.9. The Morgan fingerprint density at radius 1 is 0.722 bits per heavy atom. The molecule has 0 saturated carbocycles. The van der Waals surface area contributed by atoms with E-state index in [0.717, 1.165) is 25.7 Å². The molecular formula is C16H28O2. The Labute approximate surface area is 112 Å². The van der Waals surface area contributed by atoms with Gasteiger partial charge in [-0.25, -0.2) is 0 Å². The SMILES string of the molecule is O=C1CCCCCC=CCCCCCCCCO1. The molecule has 0 amide bonds. The van der Waals surface area contributed by atoms with Gasteiger partial charge in [-0.15, -0.1) is 0 Å². The maximum absolute atomic E-state index is 11.4. The van der Waals surface area contributed by atoms with Crippen LogP contribution in [0.15, 0.2) is 12.2 Å². The van der Waals surface area contributed by atoms with Crippen molar-refractivity contribution in [2.75, 3.05) is 6.61 Å². The fourth-order valence-electron chi connectivity index (χ4n) is 2.27. The fourth-order valence-corrected chi connectivity index (χ4v) is 2.27. The first-order chi connectivity index (χ1) is 8.89. The third-order valence-corrected chi connectivity index (χ3v) is 3.45. The Morgan fingerprint density at radius 3 is 2.00 bits per heavy atom. The number of rotatable bonds is 0. The van der Waals surface area contributed by atoms with Crippen LogP contribution in [-0.4, -0.2) is 12.6 Å². The number of esters is 1. The van der Waals surface area contributed by atoms with E-state index >= 15 is 0 Å². The van der Waals surface area contributed by atoms with Gasteiger partial charge in [0.15, 0.2) is 0 Å². The van der Waals surface area contributed by atoms with Crippen molar-refractivity contribution in [3.8, 4) is 0 Å². The molecule has 0 spiro atoms. The van der Waals surface area contributed by atoms with E-state index in [2.05, 4.69) is 12.2 Å². The summed E-state index contributed by atoms with van der Waals surface area (Å²) in [6, 6.07) is 0. The van der Waals surface area contributed by atoms with Gasteiger partial charge in [-0.05, 0) is 38.5 Å². The minimum absolute atomic E-state index is 0.00476. The van der Waals surface area contributed by atoms with Gasteiger partial charge in [-0.3, -0.25) is 4.79 Å². The molecule has 0 aromatic heterocycles. The monoisotopic (exact) mass is 252 g/mol. The average molecular weight is 252 g/mol. The summed E-state index contributed by atoms with van der Waals surface area (Å²) in [5.41, 5.74) is 0. The lowest BCUT2D eigenvalue weighted by Crippen LogP contribution is -2.05. The zero-order valence-electron chi connectivity index (χ0n) is 11.7. The summed E-state index contributed by atoms with van der Waals surface area (Å²) in [4.78, 5) is 11.4. The number of hydrogen-bond acceptors (Lipinski definition) is 2. The summed E-state index contributed by atoms with van der Waals surface area (Å²) >= 11 is 0. The van der Waals surface area contributed by atoms with Crippen LogP contribution in [0.25, 0.3) is 0 Å². The largest absolute Gasteiger partial charge is 0.466 e. The van der Waals surface area contributed by atoms with E-state index in [1.807, 2.05) is 0 Å². The van der Waals surface area contributed by atoms with E-state index in [9.17, 15) is 4.79 Å². The van der Waals surface area contributed by atoms with Crippen molar-refractivity contribution >= 4 is 5.97 Å². The summed E-state index contributed by atoms with van der Waals surface area (Å²) in [5, 5.41) is 0. The van der Waals surface area contributed by atoms with Crippen LogP contribution in [0.4, 0.5) is 0 Å². The molecule has 0 bridgehead atoms. The molecule has 0 fully saturated rings. The van der Waals surface area contributed by atoms with Crippen molar-refractivity contribution in [1.29, 1.82) is 0 Å². The maximum Gasteiger partial charge on any atom is 0.305 e. The number of carbonyl (C=O) groups excluding carboxylic acids is 1. The number of cyclic esters (lactones) is 1. The van der Waals surface area contributed by atoms with Crippen molar-refractivity contribution < 1.29 is 9.53 Å². The molecule has 0 aromatic rings. The second-order valence-corrected chi connectivity index (χ2v) is 5.20. The van der Waals surface area contributed by atoms with Gasteiger partial charge in [0.1, 0.15) is 0 Å². The molecule has 1 aliphatic heterocycles. The third kappa shape index (κ3) is 9.26. The molecule has 0 radical (unpaired) electrons. The van der Waals surface area contributed by atoms with Crippen molar-refractivity contribution in [1.82, 2.24) is 0 Å². The minimum Gasteiger partial charge on any atom is -0.466 e. The van der Waals surface area contributed by atoms with Crippen LogP contribution >= 0.6 is 0 Å². The van der Waals surface area contributed by atoms with Gasteiger partial charge in [-0.1, -0.05) is 44.3 Å². The zero-order valence-corrected chi connectivity index (χ0v) is 11.7. The molecule has 0 aliphatic carbocycles. The van der Waals surface area contributed by atoms with E-state index in [1.54, 1.807) is 0 Å². The molecule has 2 nitrogen and oxygen atoms in total. The summed E-state index contributed by atoms with van der Waals surface area (Å²) in [6.07, 6.45) is 18.4. The number of ether oxygens (including phenoxy) is 1. The van der Waals surface area contributed by atoms with Gasteiger partial charge < -0.3 is 4.74 Å². The number of carbonyl (C=O) groups is 1. The molecule has 0 unspecified atom stereocenters. The third-order valence-electron chi connectivity index (χ3n) is 3.45. The number of hydrogen-bond donors (Lipinski definition) is 0. The predicted octanol–water partition coefficient (Wildman–Crippen LogP) is 4.78. The summed E-state index contributed by atoms with van der Waals surface area (Å²) in [5.74, 6) is -0.00476. The molecule has 104 valence electrons. The Morgan fingerprint density at radius 2 is 1.28 bits per heavy atom. The molecule has 0 aromatic carbocycles. The van der Waals surface area contributed by atoms with Crippen molar-refractivity contribution in [2.45, 2.75) is 77.0 Å². The van der Waals surface area contributed by atoms with Crippen molar-refractivity contribution in [3.63, 3.8) is 0 Å². The van der Waals surface area contributed by atoms with Gasteiger partial charge in [0.2, 0.25) is 0 Å². The van der Waals surface area contributed by atoms with E-state index in [1.165, 1.54) is 44.9 Å². The second-order valence-electron chi connectivity index (χ2n) is 5.20. The Bertz CT molecular complexity index is 233. The smallest absolute Gasteiger partial charge is 0.305 e. The molecule has 1 rings (SSSR count). The molecular weight excluding hydrogens is 224 g/mol. The van der Waals surface area contributed by atoms with Crippen molar-refractivity contribution in [3.05, 3.63) is 12.2 Å². The molecule has 0 atom stereocenters. The highest BCUT2D eigenvalue weighted by molar-refractivity contribution is 5.69. The highest BCUT2D eigenvalue weighted by atomic mass is 16.5. The van der Waals surface area contributed by atoms with Gasteiger partial charge in [0, 0.05) is 6.42 Å². The first kappa shape index (κ1) is 15.3. The van der Waals surface area contributed by atoms with Crippen LogP contribution in [0.2, 0.25) is 0 Å². The first-order valence-electron chi connectivity index (χ1n) is 7.70. The molecule has 0 N–H and O–H groups in total. The molecule has 0 saturated heterocycles. The maximum atomic E-state index is 11.4. The summed E-state index contributed by atoms with van der Waals surface area (Å²) in [6.45, 7) is 0.625. The van der Waals surface area contributed by atoms with Crippen LogP contribution in [0.5, 0.6) is 0 Å². The Kier molecular flexibility index (Phi) is 9.59. The quantitative estimate of drug-likeness (QED) is 0.458. The lowest BCUT2D eigenvalue weighted by atomic mass is 10.1. The molecule has 1 aliphatic rings. The lowest BCUT2D eigenvalue weighted by molar-refractivity contribution is -0.143. The highest BCUT2D eigenvalue weighted by Crippen LogP contribution is 2.10. The van der Waals surface area contributed by atoms with Gasteiger partial charge in [-0.2, -0.15) is 0 Å². The average Bonchev–Trinajstić information content (AvgIpc) is 2.37. The van der Waals surface area contributed by atoms with E-state index < -0.39 is 0 Å². The van der Waals surface area contributed by atoms with Crippen LogP contribution in [0.1, 0.15) is 77.0 Å². The van der Waals surface area contributed by atoms with E-state index in [-0.39, 0.29) is 5.97 Å².